The SMILES string of the molecule is CCc1ccc(CN2CC[C@H](N(C)C)C2)cc1. The van der Waals surface area contributed by atoms with Gasteiger partial charge in [0.2, 0.25) is 0 Å². The summed E-state index contributed by atoms with van der Waals surface area (Å²) >= 11 is 0. The van der Waals surface area contributed by atoms with Crippen molar-refractivity contribution in [2.75, 3.05) is 27.2 Å². The van der Waals surface area contributed by atoms with Crippen LogP contribution in [0.25, 0.3) is 0 Å². The Morgan fingerprint density at radius 2 is 1.82 bits per heavy atom. The Hall–Kier alpha value is -0.860. The summed E-state index contributed by atoms with van der Waals surface area (Å²) in [6, 6.07) is 9.82. The highest BCUT2D eigenvalue weighted by molar-refractivity contribution is 5.22. The first-order valence-corrected chi connectivity index (χ1v) is 6.65. The minimum atomic E-state index is 0.741. The second-order valence-electron chi connectivity index (χ2n) is 5.31. The molecule has 1 atom stereocenters. The lowest BCUT2D eigenvalue weighted by Crippen LogP contribution is -2.31. The molecule has 1 aromatic rings. The van der Waals surface area contributed by atoms with Crippen molar-refractivity contribution in [2.24, 2.45) is 0 Å². The summed E-state index contributed by atoms with van der Waals surface area (Å²) in [4.78, 5) is 4.91. The average Bonchev–Trinajstić information content (AvgIpc) is 2.79. The summed E-state index contributed by atoms with van der Waals surface area (Å²) in [6.07, 6.45) is 2.44. The highest BCUT2D eigenvalue weighted by atomic mass is 15.2. The molecule has 1 aliphatic heterocycles. The summed E-state index contributed by atoms with van der Waals surface area (Å²) in [5, 5.41) is 0. The van der Waals surface area contributed by atoms with E-state index >= 15 is 0 Å². The fourth-order valence-corrected chi connectivity index (χ4v) is 2.52. The molecular weight excluding hydrogens is 208 g/mol. The number of nitrogens with zero attached hydrogens (tertiary/aromatic N) is 2. The van der Waals surface area contributed by atoms with E-state index in [9.17, 15) is 0 Å². The molecule has 2 nitrogen and oxygen atoms in total. The Morgan fingerprint density at radius 1 is 1.18 bits per heavy atom. The van der Waals surface area contributed by atoms with E-state index < -0.39 is 0 Å². The average molecular weight is 232 g/mol. The molecule has 0 unspecified atom stereocenters. The zero-order valence-electron chi connectivity index (χ0n) is 11.3. The van der Waals surface area contributed by atoms with Gasteiger partial charge in [0.15, 0.2) is 0 Å². The van der Waals surface area contributed by atoms with E-state index in [0.29, 0.717) is 0 Å². The molecule has 0 aromatic heterocycles. The predicted molar refractivity (Wildman–Crippen MR) is 73.2 cm³/mol. The molecule has 2 rings (SSSR count). The van der Waals surface area contributed by atoms with Gasteiger partial charge in [-0.05, 0) is 38.1 Å². The number of likely N-dealkylation sites (N-methyl/N-ethyl adjacent to an activating group) is 1. The van der Waals surface area contributed by atoms with E-state index in [1.807, 2.05) is 0 Å². The van der Waals surface area contributed by atoms with Crippen LogP contribution in [-0.2, 0) is 13.0 Å². The van der Waals surface area contributed by atoms with Crippen molar-refractivity contribution >= 4 is 0 Å². The maximum Gasteiger partial charge on any atom is 0.0234 e. The molecule has 1 saturated heterocycles. The lowest BCUT2D eigenvalue weighted by Gasteiger charge is -2.20. The van der Waals surface area contributed by atoms with Crippen LogP contribution in [0, 0.1) is 0 Å². The fraction of sp³-hybridized carbons (Fsp3) is 0.600. The van der Waals surface area contributed by atoms with Crippen LogP contribution in [0.4, 0.5) is 0 Å². The maximum absolute atomic E-state index is 2.56. The zero-order chi connectivity index (χ0) is 12.3. The van der Waals surface area contributed by atoms with Gasteiger partial charge in [0, 0.05) is 25.7 Å². The molecule has 0 bridgehead atoms. The number of aryl methyl sites for hydroxylation is 1. The molecule has 0 radical (unpaired) electrons. The van der Waals surface area contributed by atoms with Gasteiger partial charge in [-0.25, -0.2) is 0 Å². The summed E-state index contributed by atoms with van der Waals surface area (Å²) in [5.74, 6) is 0. The molecule has 1 fully saturated rings. The van der Waals surface area contributed by atoms with Crippen molar-refractivity contribution in [3.63, 3.8) is 0 Å². The fourth-order valence-electron chi connectivity index (χ4n) is 2.52. The third kappa shape index (κ3) is 3.30. The monoisotopic (exact) mass is 232 g/mol. The van der Waals surface area contributed by atoms with Crippen LogP contribution in [0.1, 0.15) is 24.5 Å². The lowest BCUT2D eigenvalue weighted by molar-refractivity contribution is 0.264. The molecule has 0 N–H and O–H groups in total. The molecular formula is C15H24N2. The van der Waals surface area contributed by atoms with Crippen LogP contribution < -0.4 is 0 Å². The number of hydrogen-bond acceptors (Lipinski definition) is 2. The van der Waals surface area contributed by atoms with E-state index in [1.165, 1.54) is 30.6 Å². The summed E-state index contributed by atoms with van der Waals surface area (Å²) in [7, 11) is 4.37. The Kier molecular flexibility index (Phi) is 4.19. The molecule has 94 valence electrons. The standard InChI is InChI=1S/C15H24N2/c1-4-13-5-7-14(8-6-13)11-17-10-9-15(12-17)16(2)3/h5-8,15H,4,9-12H2,1-3H3/t15-/m0/s1. The molecule has 0 aliphatic carbocycles. The van der Waals surface area contributed by atoms with Gasteiger partial charge < -0.3 is 4.90 Å². The minimum absolute atomic E-state index is 0.741. The van der Waals surface area contributed by atoms with Crippen LogP contribution in [0.15, 0.2) is 24.3 Å². The highest BCUT2D eigenvalue weighted by Gasteiger charge is 2.23. The normalized spacial score (nSPS) is 21.3. The van der Waals surface area contributed by atoms with E-state index in [1.54, 1.807) is 0 Å². The van der Waals surface area contributed by atoms with Gasteiger partial charge in [-0.3, -0.25) is 4.90 Å². The van der Waals surface area contributed by atoms with Gasteiger partial charge in [0.1, 0.15) is 0 Å². The number of hydrogen-bond donors (Lipinski definition) is 0. The number of likely N-dealkylation sites (tertiary alicyclic amines) is 1. The van der Waals surface area contributed by atoms with E-state index in [2.05, 4.69) is 55.1 Å². The molecule has 1 aromatic carbocycles. The zero-order valence-corrected chi connectivity index (χ0v) is 11.3. The van der Waals surface area contributed by atoms with Gasteiger partial charge in [-0.1, -0.05) is 31.2 Å². The predicted octanol–water partition coefficient (Wildman–Crippen LogP) is 2.38. The van der Waals surface area contributed by atoms with Gasteiger partial charge >= 0.3 is 0 Å². The molecule has 0 amide bonds. The number of benzene rings is 1. The van der Waals surface area contributed by atoms with Crippen LogP contribution >= 0.6 is 0 Å². The molecule has 1 heterocycles. The van der Waals surface area contributed by atoms with E-state index in [-0.39, 0.29) is 0 Å². The van der Waals surface area contributed by atoms with Gasteiger partial charge in [0.25, 0.3) is 0 Å². The Balaban J connectivity index is 1.89. The largest absolute Gasteiger partial charge is 0.305 e. The molecule has 1 aliphatic rings. The molecule has 17 heavy (non-hydrogen) atoms. The van der Waals surface area contributed by atoms with Crippen LogP contribution in [0.5, 0.6) is 0 Å². The van der Waals surface area contributed by atoms with Crippen LogP contribution in [-0.4, -0.2) is 43.0 Å². The van der Waals surface area contributed by atoms with Crippen molar-refractivity contribution in [1.82, 2.24) is 9.80 Å². The smallest absolute Gasteiger partial charge is 0.0234 e. The second-order valence-corrected chi connectivity index (χ2v) is 5.31. The second kappa shape index (κ2) is 5.65. The minimum Gasteiger partial charge on any atom is -0.305 e. The Morgan fingerprint density at radius 3 is 2.35 bits per heavy atom. The molecule has 0 spiro atoms. The Bertz CT molecular complexity index is 342. The van der Waals surface area contributed by atoms with Crippen molar-refractivity contribution < 1.29 is 0 Å². The maximum atomic E-state index is 2.56. The highest BCUT2D eigenvalue weighted by Crippen LogP contribution is 2.16. The third-order valence-electron chi connectivity index (χ3n) is 3.82. The van der Waals surface area contributed by atoms with E-state index in [0.717, 1.165) is 19.0 Å². The topological polar surface area (TPSA) is 6.48 Å². The van der Waals surface area contributed by atoms with Crippen molar-refractivity contribution in [1.29, 1.82) is 0 Å². The molecule has 2 heteroatoms. The van der Waals surface area contributed by atoms with Crippen molar-refractivity contribution in [2.45, 2.75) is 32.4 Å². The first kappa shape index (κ1) is 12.6. The first-order chi connectivity index (χ1) is 8.19. The summed E-state index contributed by atoms with van der Waals surface area (Å²) in [6.45, 7) is 5.76. The summed E-state index contributed by atoms with van der Waals surface area (Å²) < 4.78 is 0. The first-order valence-electron chi connectivity index (χ1n) is 6.65. The Labute approximate surface area is 105 Å². The van der Waals surface area contributed by atoms with Crippen molar-refractivity contribution in [3.05, 3.63) is 35.4 Å². The van der Waals surface area contributed by atoms with Crippen molar-refractivity contribution in [3.8, 4) is 0 Å². The lowest BCUT2D eigenvalue weighted by atomic mass is 10.1. The van der Waals surface area contributed by atoms with Crippen LogP contribution in [0.2, 0.25) is 0 Å². The van der Waals surface area contributed by atoms with Gasteiger partial charge in [-0.15, -0.1) is 0 Å². The van der Waals surface area contributed by atoms with Gasteiger partial charge in [-0.2, -0.15) is 0 Å². The quantitative estimate of drug-likeness (QED) is 0.786. The van der Waals surface area contributed by atoms with E-state index in [4.69, 9.17) is 0 Å². The van der Waals surface area contributed by atoms with Gasteiger partial charge in [0.05, 0.1) is 0 Å². The van der Waals surface area contributed by atoms with Crippen LogP contribution in [0.3, 0.4) is 0 Å². The third-order valence-corrected chi connectivity index (χ3v) is 3.82. The summed E-state index contributed by atoms with van der Waals surface area (Å²) in [5.41, 5.74) is 2.88. The number of rotatable bonds is 4. The molecule has 0 saturated carbocycles.